The zero-order valence-electron chi connectivity index (χ0n) is 17.5. The molecule has 7 nitrogen and oxygen atoms in total. The summed E-state index contributed by atoms with van der Waals surface area (Å²) < 4.78 is 16.5. The maximum Gasteiger partial charge on any atom is 0.325 e. The van der Waals surface area contributed by atoms with Gasteiger partial charge in [0.15, 0.2) is 0 Å². The van der Waals surface area contributed by atoms with E-state index < -0.39 is 5.97 Å². The van der Waals surface area contributed by atoms with Crippen molar-refractivity contribution in [3.8, 4) is 5.75 Å². The molecule has 1 heterocycles. The summed E-state index contributed by atoms with van der Waals surface area (Å²) in [7, 11) is 0. The maximum atomic E-state index is 12.4. The maximum absolute atomic E-state index is 12.4. The van der Waals surface area contributed by atoms with Crippen molar-refractivity contribution in [2.75, 3.05) is 26.3 Å². The third-order valence-electron chi connectivity index (χ3n) is 4.74. The number of hydrogen-bond donors (Lipinski definition) is 1. The Morgan fingerprint density at radius 2 is 1.83 bits per heavy atom. The minimum atomic E-state index is -0.453. The standard InChI is InChI=1S/C23H28N2O5/c1-3-29-22(26)13-24-23(27)25-10-11-30-21-9-8-19(12-20(21)14-25)16-28-15-18-6-4-17(2)5-7-18/h4-9,12H,3,10-11,13-16H2,1-2H3,(H,24,27). The SMILES string of the molecule is CCOC(=O)CNC(=O)N1CCOc2ccc(COCc3ccc(C)cc3)cc2C1. The van der Waals surface area contributed by atoms with Crippen molar-refractivity contribution in [3.63, 3.8) is 0 Å². The van der Waals surface area contributed by atoms with E-state index in [9.17, 15) is 9.59 Å². The Morgan fingerprint density at radius 3 is 2.60 bits per heavy atom. The molecule has 0 aliphatic carbocycles. The van der Waals surface area contributed by atoms with Gasteiger partial charge in [-0.2, -0.15) is 0 Å². The highest BCUT2D eigenvalue weighted by atomic mass is 16.5. The molecular weight excluding hydrogens is 384 g/mol. The highest BCUT2D eigenvalue weighted by Crippen LogP contribution is 2.25. The first kappa shape index (κ1) is 21.6. The largest absolute Gasteiger partial charge is 0.491 e. The second-order valence-corrected chi connectivity index (χ2v) is 7.15. The van der Waals surface area contributed by atoms with Gasteiger partial charge in [0.1, 0.15) is 18.9 Å². The van der Waals surface area contributed by atoms with Crippen LogP contribution in [0.5, 0.6) is 5.75 Å². The van der Waals surface area contributed by atoms with E-state index in [-0.39, 0.29) is 19.2 Å². The number of hydrogen-bond acceptors (Lipinski definition) is 5. The Balaban J connectivity index is 1.56. The molecule has 1 N–H and O–H groups in total. The molecule has 2 aromatic rings. The van der Waals surface area contributed by atoms with Crippen LogP contribution in [0, 0.1) is 6.92 Å². The molecule has 0 fully saturated rings. The van der Waals surface area contributed by atoms with Gasteiger partial charge in [0.2, 0.25) is 0 Å². The minimum absolute atomic E-state index is 0.149. The van der Waals surface area contributed by atoms with Gasteiger partial charge in [-0.05, 0) is 37.1 Å². The van der Waals surface area contributed by atoms with Crippen molar-refractivity contribution >= 4 is 12.0 Å². The van der Waals surface area contributed by atoms with E-state index in [0.29, 0.717) is 32.9 Å². The summed E-state index contributed by atoms with van der Waals surface area (Å²) in [6.45, 7) is 6.15. The predicted molar refractivity (Wildman–Crippen MR) is 112 cm³/mol. The van der Waals surface area contributed by atoms with Gasteiger partial charge in [0.05, 0.1) is 32.9 Å². The Labute approximate surface area is 176 Å². The lowest BCUT2D eigenvalue weighted by Gasteiger charge is -2.20. The third kappa shape index (κ3) is 6.22. The summed E-state index contributed by atoms with van der Waals surface area (Å²) >= 11 is 0. The van der Waals surface area contributed by atoms with Gasteiger partial charge in [-0.15, -0.1) is 0 Å². The van der Waals surface area contributed by atoms with Crippen molar-refractivity contribution in [2.24, 2.45) is 0 Å². The second-order valence-electron chi connectivity index (χ2n) is 7.15. The summed E-state index contributed by atoms with van der Waals surface area (Å²) in [5.74, 6) is 0.309. The molecule has 1 aliphatic rings. The number of nitrogens with zero attached hydrogens (tertiary/aromatic N) is 1. The number of rotatable bonds is 7. The fourth-order valence-corrected chi connectivity index (χ4v) is 3.15. The van der Waals surface area contributed by atoms with Gasteiger partial charge < -0.3 is 24.4 Å². The molecule has 2 aromatic carbocycles. The number of ether oxygens (including phenoxy) is 3. The Kier molecular flexibility index (Phi) is 7.68. The normalized spacial score (nSPS) is 13.1. The smallest absolute Gasteiger partial charge is 0.325 e. The van der Waals surface area contributed by atoms with Crippen LogP contribution in [0.1, 0.15) is 29.2 Å². The average Bonchev–Trinajstić information content (AvgIpc) is 2.96. The van der Waals surface area contributed by atoms with Gasteiger partial charge in [0, 0.05) is 5.56 Å². The van der Waals surface area contributed by atoms with Gasteiger partial charge in [-0.3, -0.25) is 4.79 Å². The molecule has 0 aromatic heterocycles. The number of urea groups is 1. The molecule has 0 radical (unpaired) electrons. The topological polar surface area (TPSA) is 77.1 Å². The minimum Gasteiger partial charge on any atom is -0.491 e. The average molecular weight is 412 g/mol. The zero-order valence-corrected chi connectivity index (χ0v) is 17.5. The fraction of sp³-hybridized carbons (Fsp3) is 0.391. The summed E-state index contributed by atoms with van der Waals surface area (Å²) in [6.07, 6.45) is 0. The van der Waals surface area contributed by atoms with Crippen LogP contribution < -0.4 is 10.1 Å². The predicted octanol–water partition coefficient (Wildman–Crippen LogP) is 3.18. The lowest BCUT2D eigenvalue weighted by Crippen LogP contribution is -2.42. The van der Waals surface area contributed by atoms with Crippen LogP contribution in [-0.4, -0.2) is 43.2 Å². The van der Waals surface area contributed by atoms with Crippen LogP contribution >= 0.6 is 0 Å². The Morgan fingerprint density at radius 1 is 1.10 bits per heavy atom. The second kappa shape index (κ2) is 10.6. The quantitative estimate of drug-likeness (QED) is 0.707. The number of esters is 1. The first-order chi connectivity index (χ1) is 14.5. The van der Waals surface area contributed by atoms with Crippen LogP contribution in [0.2, 0.25) is 0 Å². The number of carbonyl (C=O) groups excluding carboxylic acids is 2. The van der Waals surface area contributed by atoms with E-state index in [2.05, 4.69) is 36.5 Å². The van der Waals surface area contributed by atoms with Crippen molar-refractivity contribution < 1.29 is 23.8 Å². The van der Waals surface area contributed by atoms with Crippen molar-refractivity contribution in [1.29, 1.82) is 0 Å². The third-order valence-corrected chi connectivity index (χ3v) is 4.74. The lowest BCUT2D eigenvalue weighted by molar-refractivity contribution is -0.141. The first-order valence-corrected chi connectivity index (χ1v) is 10.1. The summed E-state index contributed by atoms with van der Waals surface area (Å²) in [5.41, 5.74) is 4.27. The number of aryl methyl sites for hydroxylation is 1. The first-order valence-electron chi connectivity index (χ1n) is 10.1. The molecule has 3 rings (SSSR count). The van der Waals surface area contributed by atoms with Gasteiger partial charge in [-0.1, -0.05) is 35.9 Å². The molecule has 0 saturated heterocycles. The summed E-state index contributed by atoms with van der Waals surface area (Å²) in [6, 6.07) is 13.8. The molecule has 0 atom stereocenters. The number of fused-ring (bicyclic) bond motifs is 1. The monoisotopic (exact) mass is 412 g/mol. The van der Waals surface area contributed by atoms with E-state index >= 15 is 0 Å². The fourth-order valence-electron chi connectivity index (χ4n) is 3.15. The highest BCUT2D eigenvalue weighted by Gasteiger charge is 2.20. The van der Waals surface area contributed by atoms with Gasteiger partial charge in [-0.25, -0.2) is 4.79 Å². The molecule has 0 spiro atoms. The van der Waals surface area contributed by atoms with Crippen molar-refractivity contribution in [1.82, 2.24) is 10.2 Å². The van der Waals surface area contributed by atoms with Crippen LogP contribution in [-0.2, 0) is 34.0 Å². The molecule has 160 valence electrons. The van der Waals surface area contributed by atoms with Crippen LogP contribution in [0.25, 0.3) is 0 Å². The van der Waals surface area contributed by atoms with Crippen LogP contribution in [0.3, 0.4) is 0 Å². The molecule has 0 bridgehead atoms. The lowest BCUT2D eigenvalue weighted by atomic mass is 10.1. The van der Waals surface area contributed by atoms with E-state index in [1.165, 1.54) is 5.56 Å². The van der Waals surface area contributed by atoms with Gasteiger partial charge in [0.25, 0.3) is 0 Å². The molecular formula is C23H28N2O5. The molecule has 0 unspecified atom stereocenters. The Bertz CT molecular complexity index is 866. The van der Waals surface area contributed by atoms with E-state index in [1.54, 1.807) is 11.8 Å². The Hall–Kier alpha value is -3.06. The van der Waals surface area contributed by atoms with E-state index in [1.807, 2.05) is 18.2 Å². The highest BCUT2D eigenvalue weighted by molar-refractivity contribution is 5.81. The van der Waals surface area contributed by atoms with E-state index in [4.69, 9.17) is 14.2 Å². The van der Waals surface area contributed by atoms with Crippen LogP contribution in [0.4, 0.5) is 4.79 Å². The molecule has 1 aliphatic heterocycles. The van der Waals surface area contributed by atoms with E-state index in [0.717, 1.165) is 22.4 Å². The van der Waals surface area contributed by atoms with Gasteiger partial charge >= 0.3 is 12.0 Å². The number of nitrogens with one attached hydrogen (secondary N) is 1. The molecule has 30 heavy (non-hydrogen) atoms. The number of carbonyl (C=O) groups is 2. The number of benzene rings is 2. The molecule has 7 heteroatoms. The molecule has 0 saturated carbocycles. The summed E-state index contributed by atoms with van der Waals surface area (Å²) in [5, 5.41) is 2.60. The van der Waals surface area contributed by atoms with Crippen molar-refractivity contribution in [3.05, 3.63) is 64.7 Å². The molecule has 2 amide bonds. The van der Waals surface area contributed by atoms with Crippen LogP contribution in [0.15, 0.2) is 42.5 Å². The zero-order chi connectivity index (χ0) is 21.3. The number of amides is 2. The van der Waals surface area contributed by atoms with Crippen molar-refractivity contribution in [2.45, 2.75) is 33.6 Å². The summed E-state index contributed by atoms with van der Waals surface area (Å²) in [4.78, 5) is 25.5.